The van der Waals surface area contributed by atoms with Crippen molar-refractivity contribution in [3.63, 3.8) is 0 Å². The van der Waals surface area contributed by atoms with Crippen LogP contribution in [-0.2, 0) is 0 Å². The number of hydrogen-bond donors (Lipinski definition) is 0. The van der Waals surface area contributed by atoms with Gasteiger partial charge in [0.25, 0.3) is 13.4 Å². The lowest BCUT2D eigenvalue weighted by molar-refractivity contribution is 0.0900. The molecule has 7 heteroatoms. The van der Waals surface area contributed by atoms with Gasteiger partial charge in [-0.05, 0) is 194 Å². The van der Waals surface area contributed by atoms with Crippen LogP contribution in [0.2, 0.25) is 0 Å². The first kappa shape index (κ1) is 60.8. The normalized spacial score (nSPS) is 17.7. The summed E-state index contributed by atoms with van der Waals surface area (Å²) >= 11 is 0. The molecular weight excluding hydrogens is 1290 g/mol. The van der Waals surface area contributed by atoms with Crippen LogP contribution >= 0.6 is 0 Å². The Morgan fingerprint density at radius 2 is 0.570 bits per heavy atom. The van der Waals surface area contributed by atoms with Crippen LogP contribution in [0.4, 0.5) is 73.9 Å². The Morgan fingerprint density at radius 3 is 1.03 bits per heavy atom. The first-order chi connectivity index (χ1) is 53.1. The van der Waals surface area contributed by atoms with Crippen molar-refractivity contribution in [2.24, 2.45) is 11.8 Å². The Bertz CT molecular complexity index is 5900. The predicted molar refractivity (Wildman–Crippen MR) is 449 cm³/mol. The second-order valence-electron chi connectivity index (χ2n) is 30.9. The Kier molecular flexibility index (Phi) is 13.6. The zero-order valence-electron chi connectivity index (χ0n) is 59.3. The molecule has 15 aromatic carbocycles. The Labute approximate surface area is 626 Å². The minimum Gasteiger partial charge on any atom is -0.365 e. The first-order valence-corrected chi connectivity index (χ1v) is 38.6. The number of hydrogen-bond acceptors (Lipinski definition) is 5. The molecule has 504 valence electrons. The van der Waals surface area contributed by atoms with E-state index in [2.05, 4.69) is 376 Å². The van der Waals surface area contributed by atoms with Crippen molar-refractivity contribution in [3.05, 3.63) is 369 Å². The summed E-state index contributed by atoms with van der Waals surface area (Å²) in [7, 11) is 0. The van der Waals surface area contributed by atoms with E-state index in [0.29, 0.717) is 12.1 Å². The summed E-state index contributed by atoms with van der Waals surface area (Å²) in [6.07, 6.45) is 6.43. The van der Waals surface area contributed by atoms with Crippen LogP contribution in [-0.4, -0.2) is 25.5 Å². The predicted octanol–water partition coefficient (Wildman–Crippen LogP) is 21.4. The Balaban J connectivity index is 0.867. The molecule has 107 heavy (non-hydrogen) atoms. The second kappa shape index (κ2) is 24.0. The first-order valence-electron chi connectivity index (χ1n) is 38.6. The van der Waals surface area contributed by atoms with Crippen molar-refractivity contribution in [3.8, 4) is 55.6 Å². The van der Waals surface area contributed by atoms with Crippen molar-refractivity contribution in [1.29, 1.82) is 0 Å². The van der Waals surface area contributed by atoms with Gasteiger partial charge in [-0.3, -0.25) is 0 Å². The average Bonchev–Trinajstić information content (AvgIpc) is 1.36. The van der Waals surface area contributed by atoms with Crippen molar-refractivity contribution in [1.82, 2.24) is 0 Å². The largest absolute Gasteiger partial charge is 0.365 e. The minimum atomic E-state index is -0.216. The molecule has 3 aliphatic carbocycles. The lowest BCUT2D eigenvalue weighted by Gasteiger charge is -2.58. The van der Waals surface area contributed by atoms with Crippen LogP contribution in [0.1, 0.15) is 54.7 Å². The van der Waals surface area contributed by atoms with Gasteiger partial charge in [0.15, 0.2) is 0 Å². The van der Waals surface area contributed by atoms with E-state index in [1.54, 1.807) is 0 Å². The summed E-state index contributed by atoms with van der Waals surface area (Å²) in [6, 6.07) is 136. The van der Waals surface area contributed by atoms with E-state index in [4.69, 9.17) is 0 Å². The van der Waals surface area contributed by atoms with Crippen molar-refractivity contribution in [2.45, 2.75) is 50.1 Å². The van der Waals surface area contributed by atoms with Gasteiger partial charge in [0.1, 0.15) is 0 Å². The summed E-state index contributed by atoms with van der Waals surface area (Å²) in [5, 5.41) is 0. The maximum Gasteiger partial charge on any atom is 0.252 e. The molecule has 4 bridgehead atoms. The minimum absolute atomic E-state index is 0.0599. The Morgan fingerprint density at radius 1 is 0.234 bits per heavy atom. The van der Waals surface area contributed by atoms with Gasteiger partial charge in [-0.2, -0.15) is 0 Å². The van der Waals surface area contributed by atoms with Crippen LogP contribution in [0.15, 0.2) is 352 Å². The third kappa shape index (κ3) is 9.20. The summed E-state index contributed by atoms with van der Waals surface area (Å²) in [6.45, 7) is -0.386. The maximum atomic E-state index is 2.94. The molecule has 0 atom stereocenters. The third-order valence-corrected chi connectivity index (χ3v) is 25.3. The van der Waals surface area contributed by atoms with Gasteiger partial charge in [-0.15, -0.1) is 0 Å². The number of nitrogens with zero attached hydrogens (tertiary/aromatic N) is 5. The van der Waals surface area contributed by atoms with Crippen molar-refractivity contribution in [2.75, 3.05) is 24.5 Å². The highest BCUT2D eigenvalue weighted by atomic mass is 15.2. The molecule has 0 radical (unpaired) electrons. The molecule has 24 rings (SSSR count). The van der Waals surface area contributed by atoms with Gasteiger partial charge in [0, 0.05) is 103 Å². The number of rotatable bonds is 10. The SMILES string of the molecule is c1ccc(-c2cccc(-c3ccccc3)c2N2c3ccccc3B3c4cc5c(cc4N(c4ccccc4)c4cc(C6c7ccccc7-c7ccccc76)cc2c43)N(c2c(-c3ccccc3)cccc2-c2ccccc2)c2cc(N3C4CC6CC(C4)CC3C6)cc3c2B5c2ccccc2N3c2ccccc2)cc1. The van der Waals surface area contributed by atoms with E-state index in [-0.39, 0.29) is 19.3 Å². The van der Waals surface area contributed by atoms with E-state index in [0.717, 1.165) is 28.9 Å². The van der Waals surface area contributed by atoms with E-state index in [1.165, 1.54) is 194 Å². The van der Waals surface area contributed by atoms with Crippen LogP contribution in [0.25, 0.3) is 55.6 Å². The van der Waals surface area contributed by atoms with Gasteiger partial charge in [0.2, 0.25) is 0 Å². The van der Waals surface area contributed by atoms with Crippen LogP contribution < -0.4 is 57.3 Å². The zero-order chi connectivity index (χ0) is 70.0. The molecular formula is C100H73B2N5. The van der Waals surface area contributed by atoms with Crippen molar-refractivity contribution < 1.29 is 0 Å². The molecule has 0 N–H and O–H groups in total. The van der Waals surface area contributed by atoms with E-state index in [9.17, 15) is 0 Å². The van der Waals surface area contributed by atoms with Crippen LogP contribution in [0.5, 0.6) is 0 Å². The number of fused-ring (bicyclic) bond motifs is 11. The highest BCUT2D eigenvalue weighted by Gasteiger charge is 2.52. The maximum absolute atomic E-state index is 2.94. The van der Waals surface area contributed by atoms with Gasteiger partial charge in [0.05, 0.1) is 11.4 Å². The van der Waals surface area contributed by atoms with E-state index < -0.39 is 0 Å². The van der Waals surface area contributed by atoms with Gasteiger partial charge >= 0.3 is 0 Å². The molecule has 2 saturated carbocycles. The number of piperidine rings is 2. The van der Waals surface area contributed by atoms with Gasteiger partial charge in [-0.25, -0.2) is 0 Å². The molecule has 5 nitrogen and oxygen atoms in total. The molecule has 0 amide bonds. The third-order valence-electron chi connectivity index (χ3n) is 25.3. The standard InChI is InChI=1S/C100H73B2N5/c1-7-29-66(30-8-1)76-45-27-46-77(67-31-9-2-10-32-67)99(76)106-89-52-26-24-50-85(89)102-86-62-87-91(63-90(86)105(72-39-17-6-18-40-72)92-58-70(59-93(106)97(92)102)96-82-43-21-19-41-80(82)81-42-20-22-44-83(81)96)107(100-78(68-33-11-3-12-34-68)47-28-48-79(100)69-35-13-4-14-36-69)95-61-75(103-73-54-64-53-65(56-73)57-74(103)55-64)60-94-98(95)101(87)84-49-23-25-51-88(84)104(94)71-37-15-5-16-38-71/h1-52,58-65,73-74,96H,53-57H2. The number of anilines is 13. The molecule has 0 aromatic heterocycles. The van der Waals surface area contributed by atoms with Crippen LogP contribution in [0, 0.1) is 11.8 Å². The fraction of sp³-hybridized carbons (Fsp3) is 0.100. The zero-order valence-corrected chi connectivity index (χ0v) is 59.3. The van der Waals surface area contributed by atoms with Gasteiger partial charge < -0.3 is 24.5 Å². The fourth-order valence-corrected chi connectivity index (χ4v) is 21.3. The quantitative estimate of drug-likeness (QED) is 0.127. The molecule has 4 fully saturated rings. The Hall–Kier alpha value is -12.6. The number of benzene rings is 15. The molecule has 6 heterocycles. The second-order valence-corrected chi connectivity index (χ2v) is 30.9. The summed E-state index contributed by atoms with van der Waals surface area (Å²) in [4.78, 5) is 13.8. The highest BCUT2D eigenvalue weighted by Crippen LogP contribution is 2.58. The van der Waals surface area contributed by atoms with Gasteiger partial charge in [-0.1, -0.05) is 285 Å². The smallest absolute Gasteiger partial charge is 0.252 e. The highest BCUT2D eigenvalue weighted by molar-refractivity contribution is 7.03. The fourth-order valence-electron chi connectivity index (χ4n) is 21.3. The molecule has 0 spiro atoms. The summed E-state index contributed by atoms with van der Waals surface area (Å²) in [5.74, 6) is 1.54. The van der Waals surface area contributed by atoms with E-state index >= 15 is 0 Å². The molecule has 15 aromatic rings. The average molecular weight is 1370 g/mol. The molecule has 9 aliphatic rings. The number of para-hydroxylation sites is 6. The molecule has 2 saturated heterocycles. The van der Waals surface area contributed by atoms with Crippen molar-refractivity contribution >= 4 is 120 Å². The molecule has 6 aliphatic heterocycles. The van der Waals surface area contributed by atoms with E-state index in [1.807, 2.05) is 0 Å². The molecule has 0 unspecified atom stereocenters. The summed E-state index contributed by atoms with van der Waals surface area (Å²) < 4.78 is 0. The lowest BCUT2D eigenvalue weighted by atomic mass is 9.30. The lowest BCUT2D eigenvalue weighted by Crippen LogP contribution is -2.65. The summed E-state index contributed by atoms with van der Waals surface area (Å²) in [5.41, 5.74) is 39.2. The van der Waals surface area contributed by atoms with Crippen LogP contribution in [0.3, 0.4) is 0 Å². The monoisotopic (exact) mass is 1370 g/mol. The topological polar surface area (TPSA) is 16.2 Å².